The Morgan fingerprint density at radius 2 is 2.24 bits per heavy atom. The molecule has 2 aliphatic heterocycles. The number of carboxylic acids is 1. The molecule has 1 saturated heterocycles. The Bertz CT molecular complexity index is 601. The van der Waals surface area contributed by atoms with Gasteiger partial charge in [0.15, 0.2) is 5.75 Å². The van der Waals surface area contributed by atoms with Gasteiger partial charge < -0.3 is 20.1 Å². The van der Waals surface area contributed by atoms with Crippen LogP contribution in [0.3, 0.4) is 0 Å². The first-order valence-electron chi connectivity index (χ1n) is 7.09. The van der Waals surface area contributed by atoms with Crippen LogP contribution in [0.1, 0.15) is 30.1 Å². The number of aliphatic carboxylic acids is 1. The van der Waals surface area contributed by atoms with Crippen LogP contribution in [0.5, 0.6) is 5.75 Å². The third-order valence-corrected chi connectivity index (χ3v) is 4.26. The van der Waals surface area contributed by atoms with E-state index in [-0.39, 0.29) is 5.91 Å². The number of ether oxygens (including phenoxy) is 1. The molecule has 1 aromatic carbocycles. The Hall–Kier alpha value is -2.24. The summed E-state index contributed by atoms with van der Waals surface area (Å²) in [5.74, 6) is -0.719. The summed E-state index contributed by atoms with van der Waals surface area (Å²) in [6.45, 7) is 3.25. The molecule has 0 spiro atoms. The van der Waals surface area contributed by atoms with Crippen molar-refractivity contribution >= 4 is 17.6 Å². The molecule has 1 aromatic rings. The lowest BCUT2D eigenvalue weighted by Crippen LogP contribution is -2.50. The van der Waals surface area contributed by atoms with Crippen molar-refractivity contribution in [1.82, 2.24) is 4.90 Å². The molecule has 3 rings (SSSR count). The molecule has 6 nitrogen and oxygen atoms in total. The Morgan fingerprint density at radius 3 is 3.00 bits per heavy atom. The normalized spacial score (nSPS) is 24.0. The predicted molar refractivity (Wildman–Crippen MR) is 76.7 cm³/mol. The Kier molecular flexibility index (Phi) is 3.23. The van der Waals surface area contributed by atoms with Gasteiger partial charge in [-0.15, -0.1) is 0 Å². The first-order valence-corrected chi connectivity index (χ1v) is 7.09. The van der Waals surface area contributed by atoms with E-state index in [4.69, 9.17) is 4.74 Å². The third-order valence-electron chi connectivity index (χ3n) is 4.26. The van der Waals surface area contributed by atoms with Gasteiger partial charge in [0, 0.05) is 13.1 Å². The standard InChI is InChI=1S/C15H18N2O4/c1-15(14(19)20)6-3-8-17(15)13(18)10-4-2-5-11-12(10)21-9-7-16-11/h2,4-5,16H,3,6-9H2,1H3,(H,19,20). The number of para-hydroxylation sites is 1. The molecule has 112 valence electrons. The van der Waals surface area contributed by atoms with Gasteiger partial charge in [-0.05, 0) is 31.9 Å². The fourth-order valence-electron chi connectivity index (χ4n) is 3.00. The number of carboxylic acid groups (broad SMARTS) is 1. The van der Waals surface area contributed by atoms with Crippen LogP contribution in [0.25, 0.3) is 0 Å². The Morgan fingerprint density at radius 1 is 1.43 bits per heavy atom. The number of carbonyl (C=O) groups is 2. The van der Waals surface area contributed by atoms with Crippen LogP contribution < -0.4 is 10.1 Å². The van der Waals surface area contributed by atoms with Crippen LogP contribution in [0.15, 0.2) is 18.2 Å². The SMILES string of the molecule is CC1(C(=O)O)CCCN1C(=O)c1cccc2c1OCCN2. The second-order valence-corrected chi connectivity index (χ2v) is 5.60. The number of hydrogen-bond acceptors (Lipinski definition) is 4. The molecule has 0 bridgehead atoms. The zero-order valence-corrected chi connectivity index (χ0v) is 11.9. The third kappa shape index (κ3) is 2.11. The number of likely N-dealkylation sites (tertiary alicyclic amines) is 1. The summed E-state index contributed by atoms with van der Waals surface area (Å²) in [7, 11) is 0. The van der Waals surface area contributed by atoms with Crippen molar-refractivity contribution in [2.45, 2.75) is 25.3 Å². The number of hydrogen-bond donors (Lipinski definition) is 2. The van der Waals surface area contributed by atoms with Crippen LogP contribution >= 0.6 is 0 Å². The summed E-state index contributed by atoms with van der Waals surface area (Å²) in [6, 6.07) is 5.32. The first kappa shape index (κ1) is 13.7. The summed E-state index contributed by atoms with van der Waals surface area (Å²) in [4.78, 5) is 25.8. The van der Waals surface area contributed by atoms with Crippen molar-refractivity contribution < 1.29 is 19.4 Å². The van der Waals surface area contributed by atoms with Gasteiger partial charge in [-0.3, -0.25) is 4.79 Å². The van der Waals surface area contributed by atoms with Crippen LogP contribution in [0.4, 0.5) is 5.69 Å². The first-order chi connectivity index (χ1) is 10.0. The number of nitrogens with one attached hydrogen (secondary N) is 1. The zero-order valence-electron chi connectivity index (χ0n) is 11.9. The maximum Gasteiger partial charge on any atom is 0.329 e. The predicted octanol–water partition coefficient (Wildman–Crippen LogP) is 1.57. The minimum absolute atomic E-state index is 0.280. The Balaban J connectivity index is 1.98. The fraction of sp³-hybridized carbons (Fsp3) is 0.467. The zero-order chi connectivity index (χ0) is 15.0. The van der Waals surface area contributed by atoms with E-state index in [1.165, 1.54) is 4.90 Å². The number of nitrogens with zero attached hydrogens (tertiary/aromatic N) is 1. The van der Waals surface area contributed by atoms with Gasteiger partial charge in [0.1, 0.15) is 12.1 Å². The summed E-state index contributed by atoms with van der Waals surface area (Å²) in [5.41, 5.74) is 0.0689. The molecule has 0 radical (unpaired) electrons. The average molecular weight is 290 g/mol. The van der Waals surface area contributed by atoms with E-state index in [9.17, 15) is 14.7 Å². The largest absolute Gasteiger partial charge is 0.489 e. The van der Waals surface area contributed by atoms with E-state index < -0.39 is 11.5 Å². The van der Waals surface area contributed by atoms with E-state index in [1.54, 1.807) is 19.1 Å². The van der Waals surface area contributed by atoms with E-state index in [2.05, 4.69) is 5.32 Å². The molecule has 21 heavy (non-hydrogen) atoms. The number of carbonyl (C=O) groups excluding carboxylic acids is 1. The molecule has 0 saturated carbocycles. The molecule has 1 amide bonds. The Labute approximate surface area is 122 Å². The quantitative estimate of drug-likeness (QED) is 0.864. The lowest BCUT2D eigenvalue weighted by molar-refractivity contribution is -0.147. The molecule has 2 N–H and O–H groups in total. The lowest BCUT2D eigenvalue weighted by Gasteiger charge is -2.32. The number of benzene rings is 1. The summed E-state index contributed by atoms with van der Waals surface area (Å²) >= 11 is 0. The second kappa shape index (κ2) is 4.95. The smallest absolute Gasteiger partial charge is 0.329 e. The van der Waals surface area contributed by atoms with Gasteiger partial charge in [0.25, 0.3) is 5.91 Å². The summed E-state index contributed by atoms with van der Waals surface area (Å²) in [5, 5.41) is 12.6. The van der Waals surface area contributed by atoms with Crippen LogP contribution in [0, 0.1) is 0 Å². The number of fused-ring (bicyclic) bond motifs is 1. The summed E-state index contributed by atoms with van der Waals surface area (Å²) in [6.07, 6.45) is 1.17. The molecule has 1 fully saturated rings. The summed E-state index contributed by atoms with van der Waals surface area (Å²) < 4.78 is 5.61. The van der Waals surface area contributed by atoms with Crippen molar-refractivity contribution in [3.8, 4) is 5.75 Å². The maximum absolute atomic E-state index is 12.8. The van der Waals surface area contributed by atoms with Crippen molar-refractivity contribution in [3.05, 3.63) is 23.8 Å². The molecule has 1 atom stereocenters. The van der Waals surface area contributed by atoms with Crippen molar-refractivity contribution in [1.29, 1.82) is 0 Å². The van der Waals surface area contributed by atoms with E-state index in [1.807, 2.05) is 6.07 Å². The lowest BCUT2D eigenvalue weighted by atomic mass is 9.98. The minimum atomic E-state index is -1.14. The van der Waals surface area contributed by atoms with Crippen molar-refractivity contribution in [2.24, 2.45) is 0 Å². The van der Waals surface area contributed by atoms with Gasteiger partial charge in [0.2, 0.25) is 0 Å². The monoisotopic (exact) mass is 290 g/mol. The van der Waals surface area contributed by atoms with Crippen LogP contribution in [-0.4, -0.2) is 47.1 Å². The van der Waals surface area contributed by atoms with Crippen molar-refractivity contribution in [2.75, 3.05) is 25.0 Å². The number of rotatable bonds is 2. The van der Waals surface area contributed by atoms with Gasteiger partial charge in [-0.2, -0.15) is 0 Å². The van der Waals surface area contributed by atoms with E-state index >= 15 is 0 Å². The topological polar surface area (TPSA) is 78.9 Å². The highest BCUT2D eigenvalue weighted by atomic mass is 16.5. The fourth-order valence-corrected chi connectivity index (χ4v) is 3.00. The van der Waals surface area contributed by atoms with Gasteiger partial charge in [0.05, 0.1) is 11.3 Å². The van der Waals surface area contributed by atoms with Gasteiger partial charge >= 0.3 is 5.97 Å². The number of amides is 1. The molecular formula is C15H18N2O4. The molecule has 2 aliphatic rings. The van der Waals surface area contributed by atoms with Crippen LogP contribution in [0.2, 0.25) is 0 Å². The maximum atomic E-state index is 12.8. The highest BCUT2D eigenvalue weighted by molar-refractivity contribution is 6.01. The molecule has 0 aromatic heterocycles. The highest BCUT2D eigenvalue weighted by Gasteiger charge is 2.46. The molecule has 2 heterocycles. The number of anilines is 1. The van der Waals surface area contributed by atoms with Gasteiger partial charge in [-0.1, -0.05) is 6.07 Å². The van der Waals surface area contributed by atoms with Gasteiger partial charge in [-0.25, -0.2) is 4.79 Å². The molecule has 0 aliphatic carbocycles. The molecule has 1 unspecified atom stereocenters. The molecular weight excluding hydrogens is 272 g/mol. The minimum Gasteiger partial charge on any atom is -0.489 e. The molecule has 6 heteroatoms. The average Bonchev–Trinajstić information content (AvgIpc) is 2.89. The van der Waals surface area contributed by atoms with Crippen molar-refractivity contribution in [3.63, 3.8) is 0 Å². The second-order valence-electron chi connectivity index (χ2n) is 5.60. The van der Waals surface area contributed by atoms with Crippen LogP contribution in [-0.2, 0) is 4.79 Å². The van der Waals surface area contributed by atoms with E-state index in [0.717, 1.165) is 5.69 Å². The highest BCUT2D eigenvalue weighted by Crippen LogP contribution is 2.36. The van der Waals surface area contributed by atoms with E-state index in [0.29, 0.717) is 43.9 Å².